The highest BCUT2D eigenvalue weighted by atomic mass is 16.2. The Kier molecular flexibility index (Phi) is 6.07. The minimum absolute atomic E-state index is 0.00247. The molecule has 0 bridgehead atoms. The van der Waals surface area contributed by atoms with Crippen LogP contribution >= 0.6 is 0 Å². The SMILES string of the molecule is Cc1ccccc1NC(=O)N(CC(=O)N(Cc1cccn1C)C1CC1)C(C)C. The second kappa shape index (κ2) is 8.50. The summed E-state index contributed by atoms with van der Waals surface area (Å²) in [6.45, 7) is 6.48. The average molecular weight is 383 g/mol. The zero-order valence-electron chi connectivity index (χ0n) is 17.2. The van der Waals surface area contributed by atoms with Crippen molar-refractivity contribution >= 4 is 17.6 Å². The Labute approximate surface area is 167 Å². The average Bonchev–Trinajstić information content (AvgIpc) is 3.41. The fourth-order valence-corrected chi connectivity index (χ4v) is 3.27. The standard InChI is InChI=1S/C22H30N4O2/c1-16(2)25(22(28)23-20-10-6-5-8-17(20)3)15-21(27)26(18-11-12-18)14-19-9-7-13-24(19)4/h5-10,13,16,18H,11-12,14-15H2,1-4H3,(H,23,28). The quantitative estimate of drug-likeness (QED) is 0.792. The summed E-state index contributed by atoms with van der Waals surface area (Å²) in [4.78, 5) is 29.5. The van der Waals surface area contributed by atoms with Crippen molar-refractivity contribution in [1.29, 1.82) is 0 Å². The van der Waals surface area contributed by atoms with E-state index in [1.54, 1.807) is 4.90 Å². The van der Waals surface area contributed by atoms with Crippen molar-refractivity contribution in [3.63, 3.8) is 0 Å². The summed E-state index contributed by atoms with van der Waals surface area (Å²) in [5, 5.41) is 2.95. The lowest BCUT2D eigenvalue weighted by molar-refractivity contribution is -0.133. The van der Waals surface area contributed by atoms with Gasteiger partial charge in [0.25, 0.3) is 0 Å². The van der Waals surface area contributed by atoms with Gasteiger partial charge >= 0.3 is 6.03 Å². The number of benzene rings is 1. The summed E-state index contributed by atoms with van der Waals surface area (Å²) in [5.74, 6) is -0.00247. The van der Waals surface area contributed by atoms with Gasteiger partial charge in [-0.3, -0.25) is 4.79 Å². The molecule has 0 saturated heterocycles. The van der Waals surface area contributed by atoms with E-state index >= 15 is 0 Å². The summed E-state index contributed by atoms with van der Waals surface area (Å²) in [5.41, 5.74) is 2.86. The smallest absolute Gasteiger partial charge is 0.322 e. The van der Waals surface area contributed by atoms with Crippen LogP contribution in [0.2, 0.25) is 0 Å². The number of carbonyl (C=O) groups is 2. The molecule has 1 saturated carbocycles. The molecule has 0 aliphatic heterocycles. The number of nitrogens with one attached hydrogen (secondary N) is 1. The van der Waals surface area contributed by atoms with E-state index in [-0.39, 0.29) is 30.6 Å². The Morgan fingerprint density at radius 1 is 1.18 bits per heavy atom. The molecule has 1 heterocycles. The second-order valence-corrected chi connectivity index (χ2v) is 7.83. The first kappa shape index (κ1) is 20.0. The van der Waals surface area contributed by atoms with Crippen LogP contribution in [-0.2, 0) is 18.4 Å². The van der Waals surface area contributed by atoms with Crippen LogP contribution in [0.3, 0.4) is 0 Å². The Morgan fingerprint density at radius 2 is 1.89 bits per heavy atom. The van der Waals surface area contributed by atoms with Gasteiger partial charge in [-0.1, -0.05) is 18.2 Å². The van der Waals surface area contributed by atoms with Crippen LogP contribution in [0.15, 0.2) is 42.6 Å². The molecular formula is C22H30N4O2. The first-order chi connectivity index (χ1) is 13.4. The molecule has 1 aromatic heterocycles. The molecule has 6 nitrogen and oxygen atoms in total. The van der Waals surface area contributed by atoms with Crippen LogP contribution < -0.4 is 5.32 Å². The highest BCUT2D eigenvalue weighted by molar-refractivity contribution is 5.93. The number of nitrogens with zero attached hydrogens (tertiary/aromatic N) is 3. The highest BCUT2D eigenvalue weighted by Gasteiger charge is 2.34. The zero-order valence-corrected chi connectivity index (χ0v) is 17.2. The summed E-state index contributed by atoms with van der Waals surface area (Å²) < 4.78 is 2.04. The number of rotatable bonds is 7. The van der Waals surface area contributed by atoms with E-state index in [1.165, 1.54) is 0 Å². The number of carbonyl (C=O) groups excluding carboxylic acids is 2. The third-order valence-corrected chi connectivity index (χ3v) is 5.27. The van der Waals surface area contributed by atoms with Crippen molar-refractivity contribution in [1.82, 2.24) is 14.4 Å². The van der Waals surface area contributed by atoms with Crippen LogP contribution in [0.1, 0.15) is 37.9 Å². The number of hydrogen-bond acceptors (Lipinski definition) is 2. The minimum Gasteiger partial charge on any atom is -0.353 e. The highest BCUT2D eigenvalue weighted by Crippen LogP contribution is 2.29. The van der Waals surface area contributed by atoms with Gasteiger partial charge in [0.15, 0.2) is 0 Å². The summed E-state index contributed by atoms with van der Waals surface area (Å²) in [7, 11) is 1.99. The van der Waals surface area contributed by atoms with Gasteiger partial charge in [-0.05, 0) is 57.4 Å². The number of hydrogen-bond donors (Lipinski definition) is 1. The van der Waals surface area contributed by atoms with E-state index in [0.717, 1.165) is 29.8 Å². The van der Waals surface area contributed by atoms with Gasteiger partial charge in [0.1, 0.15) is 6.54 Å². The topological polar surface area (TPSA) is 57.6 Å². The molecule has 1 aromatic carbocycles. The van der Waals surface area contributed by atoms with Crippen molar-refractivity contribution in [2.75, 3.05) is 11.9 Å². The van der Waals surface area contributed by atoms with Crippen molar-refractivity contribution in [3.05, 3.63) is 53.9 Å². The van der Waals surface area contributed by atoms with Gasteiger partial charge in [-0.15, -0.1) is 0 Å². The van der Waals surface area contributed by atoms with Gasteiger partial charge in [0, 0.05) is 36.7 Å². The third-order valence-electron chi connectivity index (χ3n) is 5.27. The molecule has 0 radical (unpaired) electrons. The number of aromatic nitrogens is 1. The predicted molar refractivity (Wildman–Crippen MR) is 111 cm³/mol. The van der Waals surface area contributed by atoms with Gasteiger partial charge in [-0.2, -0.15) is 0 Å². The zero-order chi connectivity index (χ0) is 20.3. The summed E-state index contributed by atoms with van der Waals surface area (Å²) in [6, 6.07) is 11.6. The van der Waals surface area contributed by atoms with E-state index in [9.17, 15) is 9.59 Å². The molecule has 1 fully saturated rings. The molecule has 28 heavy (non-hydrogen) atoms. The Hall–Kier alpha value is -2.76. The molecule has 0 unspecified atom stereocenters. The fourth-order valence-electron chi connectivity index (χ4n) is 3.27. The Balaban J connectivity index is 1.69. The van der Waals surface area contributed by atoms with E-state index in [4.69, 9.17) is 0 Å². The second-order valence-electron chi connectivity index (χ2n) is 7.83. The predicted octanol–water partition coefficient (Wildman–Crippen LogP) is 3.77. The molecule has 1 N–H and O–H groups in total. The van der Waals surface area contributed by atoms with E-state index in [1.807, 2.05) is 79.9 Å². The number of urea groups is 1. The normalized spacial score (nSPS) is 13.5. The largest absolute Gasteiger partial charge is 0.353 e. The minimum atomic E-state index is -0.243. The lowest BCUT2D eigenvalue weighted by Gasteiger charge is -2.30. The maximum absolute atomic E-state index is 13.1. The van der Waals surface area contributed by atoms with Gasteiger partial charge in [-0.25, -0.2) is 4.79 Å². The molecule has 150 valence electrons. The van der Waals surface area contributed by atoms with Gasteiger partial charge in [0.2, 0.25) is 5.91 Å². The summed E-state index contributed by atoms with van der Waals surface area (Å²) >= 11 is 0. The van der Waals surface area contributed by atoms with E-state index in [0.29, 0.717) is 6.54 Å². The molecule has 1 aliphatic rings. The lowest BCUT2D eigenvalue weighted by atomic mass is 10.2. The number of amides is 3. The molecule has 0 spiro atoms. The van der Waals surface area contributed by atoms with E-state index in [2.05, 4.69) is 5.32 Å². The van der Waals surface area contributed by atoms with Crippen LogP contribution in [0.25, 0.3) is 0 Å². The monoisotopic (exact) mass is 382 g/mol. The van der Waals surface area contributed by atoms with Gasteiger partial charge < -0.3 is 19.7 Å². The number of para-hydroxylation sites is 1. The lowest BCUT2D eigenvalue weighted by Crippen LogP contribution is -2.48. The van der Waals surface area contributed by atoms with E-state index < -0.39 is 0 Å². The summed E-state index contributed by atoms with van der Waals surface area (Å²) in [6.07, 6.45) is 4.06. The van der Waals surface area contributed by atoms with Crippen LogP contribution in [0.5, 0.6) is 0 Å². The molecule has 2 aromatic rings. The molecule has 6 heteroatoms. The first-order valence-electron chi connectivity index (χ1n) is 9.89. The van der Waals surface area contributed by atoms with Crippen molar-refractivity contribution in [3.8, 4) is 0 Å². The van der Waals surface area contributed by atoms with Crippen molar-refractivity contribution in [2.45, 2.75) is 52.2 Å². The van der Waals surface area contributed by atoms with Crippen molar-refractivity contribution in [2.24, 2.45) is 7.05 Å². The first-order valence-corrected chi connectivity index (χ1v) is 9.89. The maximum Gasteiger partial charge on any atom is 0.322 e. The number of aryl methyl sites for hydroxylation is 2. The van der Waals surface area contributed by atoms with Crippen LogP contribution in [0.4, 0.5) is 10.5 Å². The Bertz CT molecular complexity index is 839. The molecule has 3 rings (SSSR count). The Morgan fingerprint density at radius 3 is 2.46 bits per heavy atom. The fraction of sp³-hybridized carbons (Fsp3) is 0.455. The third kappa shape index (κ3) is 4.74. The van der Waals surface area contributed by atoms with Gasteiger partial charge in [0.05, 0.1) is 6.54 Å². The van der Waals surface area contributed by atoms with Crippen molar-refractivity contribution < 1.29 is 9.59 Å². The van der Waals surface area contributed by atoms with Crippen LogP contribution in [-0.4, -0.2) is 44.9 Å². The molecule has 0 atom stereocenters. The molecule has 3 amide bonds. The maximum atomic E-state index is 13.1. The van der Waals surface area contributed by atoms with Crippen LogP contribution in [0, 0.1) is 6.92 Å². The number of anilines is 1. The molecular weight excluding hydrogens is 352 g/mol. The molecule has 1 aliphatic carbocycles.